The van der Waals surface area contributed by atoms with E-state index in [1.54, 1.807) is 0 Å². The molecular formula is BF4Na. The van der Waals surface area contributed by atoms with Gasteiger partial charge in [-0.2, -0.15) is 0 Å². The molecule has 0 radical (unpaired) electrons. The average Bonchev–Trinajstić information content (AvgIpc) is 0.722. The second-order valence-electron chi connectivity index (χ2n) is 0.495. The maximum atomic E-state index is 9.75. The zero-order valence-electron chi connectivity index (χ0n) is 3.09. The van der Waals surface area contributed by atoms with Crippen LogP contribution in [0.2, 0.25) is 0 Å². The minimum Gasteiger partial charge on any atom is -0.418 e. The van der Waals surface area contributed by atoms with Crippen LogP contribution in [0.15, 0.2) is 0 Å². The van der Waals surface area contributed by atoms with Gasteiger partial charge < -0.3 is 17.3 Å². The minimum atomic E-state index is -6.00. The first-order valence-electron chi connectivity index (χ1n) is 0.873. The van der Waals surface area contributed by atoms with Gasteiger partial charge in [-0.25, -0.2) is 0 Å². The first-order valence-corrected chi connectivity index (χ1v) is 0.873. The van der Waals surface area contributed by atoms with Crippen LogP contribution < -0.4 is 29.6 Å². The zero-order chi connectivity index (χ0) is 4.50. The Balaban J connectivity index is 0. The van der Waals surface area contributed by atoms with E-state index in [9.17, 15) is 17.3 Å². The van der Waals surface area contributed by atoms with Gasteiger partial charge >= 0.3 is 36.8 Å². The molecule has 0 aliphatic rings. The normalized spacial score (nSPS) is 10.0. The van der Waals surface area contributed by atoms with Crippen LogP contribution in [0.5, 0.6) is 0 Å². The summed E-state index contributed by atoms with van der Waals surface area (Å²) in [7, 11) is -6.00. The Hall–Kier alpha value is 0.785. The average molecular weight is 106 g/mol. The molecule has 0 amide bonds. The van der Waals surface area contributed by atoms with E-state index in [2.05, 4.69) is 0 Å². The van der Waals surface area contributed by atoms with Gasteiger partial charge in [0.15, 0.2) is 0 Å². The molecule has 0 saturated heterocycles. The summed E-state index contributed by atoms with van der Waals surface area (Å²) >= 11 is 0. The molecule has 32 valence electrons. The van der Waals surface area contributed by atoms with E-state index in [0.29, 0.717) is 0 Å². The molecule has 0 bridgehead atoms. The van der Waals surface area contributed by atoms with Gasteiger partial charge in [-0.1, -0.05) is 0 Å². The molecule has 0 nitrogen and oxygen atoms in total. The molecule has 0 aliphatic carbocycles. The van der Waals surface area contributed by atoms with Crippen LogP contribution in [0.3, 0.4) is 0 Å². The Morgan fingerprint density at radius 1 is 0.833 bits per heavy atom. The summed E-state index contributed by atoms with van der Waals surface area (Å²) < 4.78 is 39.0. The van der Waals surface area contributed by atoms with E-state index in [1.807, 2.05) is 0 Å². The van der Waals surface area contributed by atoms with E-state index in [0.717, 1.165) is 0 Å². The minimum absolute atomic E-state index is 0. The molecule has 0 atom stereocenters. The Bertz CT molecular complexity index is 23.0. The van der Waals surface area contributed by atoms with Gasteiger partial charge in [0, 0.05) is 0 Å². The van der Waals surface area contributed by atoms with Crippen molar-refractivity contribution >= 4 is 7.25 Å². The summed E-state index contributed by atoms with van der Waals surface area (Å²) in [5, 5.41) is 0. The van der Waals surface area contributed by atoms with Crippen molar-refractivity contribution in [1.82, 2.24) is 0 Å². The molecule has 0 fully saturated rings. The molecule has 0 aromatic heterocycles. The molecule has 0 saturated carbocycles. The molecule has 0 aromatic carbocycles. The third-order valence-corrected chi connectivity index (χ3v) is 0. The maximum absolute atomic E-state index is 9.75. The topological polar surface area (TPSA) is 0 Å². The van der Waals surface area contributed by atoms with Crippen LogP contribution in [0, 0.1) is 0 Å². The SMILES string of the molecule is [18F][B-]([18F])([18F])[18F].[Na+]. The van der Waals surface area contributed by atoms with Crippen LogP contribution in [0.1, 0.15) is 0 Å². The van der Waals surface area contributed by atoms with E-state index in [4.69, 9.17) is 0 Å². The van der Waals surface area contributed by atoms with Crippen LogP contribution >= 0.6 is 0 Å². The van der Waals surface area contributed by atoms with Gasteiger partial charge in [0.05, 0.1) is 0 Å². The zero-order valence-corrected chi connectivity index (χ0v) is 5.09. The van der Waals surface area contributed by atoms with E-state index in [1.165, 1.54) is 0 Å². The molecule has 0 unspecified atom stereocenters. The molecule has 0 N–H and O–H groups in total. The first kappa shape index (κ1) is 9.92. The van der Waals surface area contributed by atoms with E-state index in [-0.39, 0.29) is 29.6 Å². The van der Waals surface area contributed by atoms with E-state index < -0.39 is 7.25 Å². The Morgan fingerprint density at radius 2 is 0.833 bits per heavy atom. The Morgan fingerprint density at radius 3 is 0.833 bits per heavy atom. The number of hydrogen-bond acceptors (Lipinski definition) is 0. The number of rotatable bonds is 0. The fourth-order valence-electron chi connectivity index (χ4n) is 0. The summed E-state index contributed by atoms with van der Waals surface area (Å²) in [6.07, 6.45) is 0. The van der Waals surface area contributed by atoms with Gasteiger partial charge in [0.2, 0.25) is 0 Å². The van der Waals surface area contributed by atoms with Crippen molar-refractivity contribution in [2.45, 2.75) is 0 Å². The van der Waals surface area contributed by atoms with Crippen molar-refractivity contribution < 1.29 is 46.8 Å². The van der Waals surface area contributed by atoms with Gasteiger partial charge in [-0.05, 0) is 0 Å². The van der Waals surface area contributed by atoms with Crippen LogP contribution in [-0.4, -0.2) is 7.25 Å². The second kappa shape index (κ2) is 2.88. The molecule has 0 heterocycles. The monoisotopic (exact) mass is 106 g/mol. The third-order valence-electron chi connectivity index (χ3n) is 0. The maximum Gasteiger partial charge on any atom is 1.00 e. The summed E-state index contributed by atoms with van der Waals surface area (Å²) in [5.41, 5.74) is 0. The Kier molecular flexibility index (Phi) is 4.76. The van der Waals surface area contributed by atoms with Crippen LogP contribution in [0.4, 0.5) is 17.3 Å². The Labute approximate surface area is 54.3 Å². The van der Waals surface area contributed by atoms with Gasteiger partial charge in [0.25, 0.3) is 0 Å². The van der Waals surface area contributed by atoms with Gasteiger partial charge in [0.1, 0.15) is 0 Å². The standard InChI is InChI=1S/BF4.Na/c2-1(3,4)5;/q-1;+1/i2-1,3-1,4-1,5-1;. The van der Waals surface area contributed by atoms with Crippen molar-refractivity contribution in [2.24, 2.45) is 0 Å². The molecule has 0 spiro atoms. The smallest absolute Gasteiger partial charge is 0.418 e. The quantitative estimate of drug-likeness (QED) is 0.255. The van der Waals surface area contributed by atoms with Gasteiger partial charge in [-0.3, -0.25) is 0 Å². The molecule has 0 rings (SSSR count). The van der Waals surface area contributed by atoms with Gasteiger partial charge in [-0.15, -0.1) is 0 Å². The summed E-state index contributed by atoms with van der Waals surface area (Å²) in [5.74, 6) is 0. The molecule has 0 aliphatic heterocycles. The summed E-state index contributed by atoms with van der Waals surface area (Å²) in [6, 6.07) is 0. The molecule has 0 aromatic rings. The van der Waals surface area contributed by atoms with Crippen LogP contribution in [0.25, 0.3) is 0 Å². The number of halogens is 4. The van der Waals surface area contributed by atoms with Crippen molar-refractivity contribution in [3.05, 3.63) is 0 Å². The fraction of sp³-hybridized carbons (Fsp3) is 0. The van der Waals surface area contributed by atoms with Crippen molar-refractivity contribution in [2.75, 3.05) is 0 Å². The molecule has 6 heavy (non-hydrogen) atoms. The summed E-state index contributed by atoms with van der Waals surface area (Å²) in [6.45, 7) is 0. The molecular weight excluding hydrogens is 106 g/mol. The number of hydrogen-bond donors (Lipinski definition) is 0. The largest absolute Gasteiger partial charge is 1.00 e. The van der Waals surface area contributed by atoms with Crippen molar-refractivity contribution in [1.29, 1.82) is 0 Å². The third kappa shape index (κ3) is 111. The predicted octanol–water partition coefficient (Wildman–Crippen LogP) is -1.70. The fourth-order valence-corrected chi connectivity index (χ4v) is 0. The summed E-state index contributed by atoms with van der Waals surface area (Å²) in [4.78, 5) is 0. The van der Waals surface area contributed by atoms with Crippen molar-refractivity contribution in [3.8, 4) is 0 Å². The van der Waals surface area contributed by atoms with Crippen molar-refractivity contribution in [3.63, 3.8) is 0 Å². The second-order valence-corrected chi connectivity index (χ2v) is 0.495. The first-order chi connectivity index (χ1) is 2.00. The predicted molar refractivity (Wildman–Crippen MR) is 10.2 cm³/mol. The molecule has 6 heteroatoms. The van der Waals surface area contributed by atoms with E-state index >= 15 is 0 Å². The van der Waals surface area contributed by atoms with Crippen LogP contribution in [-0.2, 0) is 0 Å².